The van der Waals surface area contributed by atoms with Crippen molar-refractivity contribution in [2.24, 2.45) is 0 Å². The van der Waals surface area contributed by atoms with E-state index >= 15 is 0 Å². The Balaban J connectivity index is 1.99. The number of amides is 1. The lowest BCUT2D eigenvalue weighted by atomic mass is 9.97. The van der Waals surface area contributed by atoms with Crippen molar-refractivity contribution in [3.63, 3.8) is 0 Å². The number of nitrogens with zero attached hydrogens (tertiary/aromatic N) is 1. The van der Waals surface area contributed by atoms with Gasteiger partial charge in [-0.05, 0) is 44.9 Å². The van der Waals surface area contributed by atoms with Gasteiger partial charge in [-0.15, -0.1) is 0 Å². The van der Waals surface area contributed by atoms with Crippen LogP contribution < -0.4 is 5.32 Å². The van der Waals surface area contributed by atoms with Gasteiger partial charge >= 0.3 is 0 Å². The molecule has 1 heterocycles. The molecule has 5 heteroatoms. The fourth-order valence-electron chi connectivity index (χ4n) is 2.74. The Morgan fingerprint density at radius 3 is 2.60 bits per heavy atom. The Morgan fingerprint density at radius 1 is 1.30 bits per heavy atom. The maximum absolute atomic E-state index is 12.2. The molecule has 110 valence electrons. The smallest absolute Gasteiger partial charge is 0.238 e. The Hall–Kier alpha value is -0.770. The molecule has 0 spiro atoms. The van der Waals surface area contributed by atoms with E-state index < -0.39 is 0 Å². The first kappa shape index (κ1) is 15.6. The minimum atomic E-state index is -0.0465. The van der Waals surface area contributed by atoms with E-state index in [1.807, 2.05) is 0 Å². The van der Waals surface area contributed by atoms with E-state index in [0.717, 1.165) is 12.8 Å². The van der Waals surface area contributed by atoms with Crippen LogP contribution in [0.25, 0.3) is 0 Å². The van der Waals surface area contributed by atoms with Crippen LogP contribution in [0.1, 0.15) is 33.1 Å². The number of rotatable bonds is 3. The summed E-state index contributed by atoms with van der Waals surface area (Å²) in [7, 11) is 0. The quantitative estimate of drug-likeness (QED) is 0.907. The van der Waals surface area contributed by atoms with Crippen molar-refractivity contribution in [3.05, 3.63) is 28.2 Å². The Kier molecular flexibility index (Phi) is 5.30. The van der Waals surface area contributed by atoms with Gasteiger partial charge in [-0.1, -0.05) is 29.6 Å². The average Bonchev–Trinajstić information content (AvgIpc) is 2.38. The van der Waals surface area contributed by atoms with Gasteiger partial charge in [-0.3, -0.25) is 9.69 Å². The van der Waals surface area contributed by atoms with Crippen molar-refractivity contribution in [2.45, 2.75) is 45.2 Å². The van der Waals surface area contributed by atoms with Crippen LogP contribution in [0.4, 0.5) is 5.69 Å². The molecule has 0 aromatic heterocycles. The zero-order valence-corrected chi connectivity index (χ0v) is 13.3. The summed E-state index contributed by atoms with van der Waals surface area (Å²) in [6, 6.07) is 5.95. The monoisotopic (exact) mass is 314 g/mol. The molecule has 1 aromatic carbocycles. The van der Waals surface area contributed by atoms with Crippen molar-refractivity contribution in [3.8, 4) is 0 Å². The standard InChI is InChI=1S/C15H20Cl2N2O/c1-10-4-3-5-11(2)19(10)9-15(20)18-14-8-12(16)6-7-13(14)17/h6-8,10-11H,3-5,9H2,1-2H3,(H,18,20). The molecule has 0 bridgehead atoms. The highest BCUT2D eigenvalue weighted by Crippen LogP contribution is 2.26. The molecule has 20 heavy (non-hydrogen) atoms. The summed E-state index contributed by atoms with van der Waals surface area (Å²) < 4.78 is 0. The summed E-state index contributed by atoms with van der Waals surface area (Å²) in [4.78, 5) is 14.4. The van der Waals surface area contributed by atoms with E-state index in [1.54, 1.807) is 18.2 Å². The van der Waals surface area contributed by atoms with Crippen molar-refractivity contribution in [1.29, 1.82) is 0 Å². The molecular formula is C15H20Cl2N2O. The van der Waals surface area contributed by atoms with E-state index in [4.69, 9.17) is 23.2 Å². The number of anilines is 1. The predicted molar refractivity (Wildman–Crippen MR) is 84.6 cm³/mol. The Labute approximate surface area is 130 Å². The maximum atomic E-state index is 12.2. The molecule has 0 radical (unpaired) electrons. The zero-order valence-electron chi connectivity index (χ0n) is 11.8. The second kappa shape index (κ2) is 6.79. The van der Waals surface area contributed by atoms with E-state index in [-0.39, 0.29) is 5.91 Å². The molecule has 0 saturated carbocycles. The van der Waals surface area contributed by atoms with Crippen molar-refractivity contribution >= 4 is 34.8 Å². The molecule has 1 aliphatic heterocycles. The fraction of sp³-hybridized carbons (Fsp3) is 0.533. The van der Waals surface area contributed by atoms with Crippen LogP contribution >= 0.6 is 23.2 Å². The van der Waals surface area contributed by atoms with Gasteiger partial charge in [0.2, 0.25) is 5.91 Å². The summed E-state index contributed by atoms with van der Waals surface area (Å²) in [5, 5.41) is 3.90. The van der Waals surface area contributed by atoms with Gasteiger partial charge in [-0.25, -0.2) is 0 Å². The number of halogens is 2. The molecule has 2 unspecified atom stereocenters. The molecule has 1 N–H and O–H groups in total. The summed E-state index contributed by atoms with van der Waals surface area (Å²) in [5.41, 5.74) is 0.571. The van der Waals surface area contributed by atoms with Crippen LogP contribution in [-0.4, -0.2) is 29.4 Å². The SMILES string of the molecule is CC1CCCC(C)N1CC(=O)Nc1cc(Cl)ccc1Cl. The van der Waals surface area contributed by atoms with Gasteiger partial charge in [-0.2, -0.15) is 0 Å². The van der Waals surface area contributed by atoms with Crippen LogP contribution in [-0.2, 0) is 4.79 Å². The maximum Gasteiger partial charge on any atom is 0.238 e. The largest absolute Gasteiger partial charge is 0.324 e. The third kappa shape index (κ3) is 3.87. The zero-order chi connectivity index (χ0) is 14.7. The molecule has 0 aliphatic carbocycles. The molecule has 1 fully saturated rings. The molecule has 2 rings (SSSR count). The van der Waals surface area contributed by atoms with E-state index in [9.17, 15) is 4.79 Å². The highest BCUT2D eigenvalue weighted by molar-refractivity contribution is 6.35. The van der Waals surface area contributed by atoms with Gasteiger partial charge in [0.05, 0.1) is 17.3 Å². The summed E-state index contributed by atoms with van der Waals surface area (Å²) in [6.07, 6.45) is 3.53. The summed E-state index contributed by atoms with van der Waals surface area (Å²) in [5.74, 6) is -0.0465. The first-order chi connectivity index (χ1) is 9.47. The number of nitrogens with one attached hydrogen (secondary N) is 1. The second-order valence-electron chi connectivity index (χ2n) is 5.47. The van der Waals surface area contributed by atoms with Gasteiger partial charge in [0.15, 0.2) is 0 Å². The molecule has 1 aromatic rings. The Bertz CT molecular complexity index is 483. The number of carbonyl (C=O) groups excluding carboxylic acids is 1. The lowest BCUT2D eigenvalue weighted by molar-refractivity contribution is -0.118. The lowest BCUT2D eigenvalue weighted by Crippen LogP contribution is -2.47. The van der Waals surface area contributed by atoms with E-state index in [1.165, 1.54) is 6.42 Å². The van der Waals surface area contributed by atoms with Gasteiger partial charge < -0.3 is 5.32 Å². The second-order valence-corrected chi connectivity index (χ2v) is 6.32. The fourth-order valence-corrected chi connectivity index (χ4v) is 3.07. The van der Waals surface area contributed by atoms with E-state index in [2.05, 4.69) is 24.1 Å². The first-order valence-corrected chi connectivity index (χ1v) is 7.73. The van der Waals surface area contributed by atoms with Crippen LogP contribution in [0, 0.1) is 0 Å². The minimum absolute atomic E-state index is 0.0465. The third-order valence-corrected chi connectivity index (χ3v) is 4.47. The minimum Gasteiger partial charge on any atom is -0.324 e. The number of carbonyl (C=O) groups is 1. The molecule has 2 atom stereocenters. The molecule has 1 saturated heterocycles. The number of hydrogen-bond acceptors (Lipinski definition) is 2. The highest BCUT2D eigenvalue weighted by Gasteiger charge is 2.26. The van der Waals surface area contributed by atoms with Crippen molar-refractivity contribution in [2.75, 3.05) is 11.9 Å². The number of hydrogen-bond donors (Lipinski definition) is 1. The number of benzene rings is 1. The van der Waals surface area contributed by atoms with Crippen molar-refractivity contribution < 1.29 is 4.79 Å². The highest BCUT2D eigenvalue weighted by atomic mass is 35.5. The molecule has 3 nitrogen and oxygen atoms in total. The Morgan fingerprint density at radius 2 is 1.95 bits per heavy atom. The number of likely N-dealkylation sites (tertiary alicyclic amines) is 1. The van der Waals surface area contributed by atoms with Crippen molar-refractivity contribution in [1.82, 2.24) is 4.90 Å². The van der Waals surface area contributed by atoms with Gasteiger partial charge in [0, 0.05) is 17.1 Å². The average molecular weight is 315 g/mol. The molecule has 1 amide bonds. The first-order valence-electron chi connectivity index (χ1n) is 6.98. The van der Waals surface area contributed by atoms with Gasteiger partial charge in [0.25, 0.3) is 0 Å². The van der Waals surface area contributed by atoms with Crippen LogP contribution in [0.15, 0.2) is 18.2 Å². The summed E-state index contributed by atoms with van der Waals surface area (Å²) >= 11 is 12.0. The normalized spacial score (nSPS) is 23.6. The van der Waals surface area contributed by atoms with Gasteiger partial charge in [0.1, 0.15) is 0 Å². The lowest BCUT2D eigenvalue weighted by Gasteiger charge is -2.38. The van der Waals surface area contributed by atoms with Crippen LogP contribution in [0.3, 0.4) is 0 Å². The summed E-state index contributed by atoms with van der Waals surface area (Å²) in [6.45, 7) is 4.75. The third-order valence-electron chi connectivity index (χ3n) is 3.90. The van der Waals surface area contributed by atoms with Crippen LogP contribution in [0.5, 0.6) is 0 Å². The van der Waals surface area contributed by atoms with Crippen LogP contribution in [0.2, 0.25) is 10.0 Å². The molecular weight excluding hydrogens is 295 g/mol. The predicted octanol–water partition coefficient (Wildman–Crippen LogP) is 4.19. The molecule has 1 aliphatic rings. The topological polar surface area (TPSA) is 32.3 Å². The van der Waals surface area contributed by atoms with E-state index in [0.29, 0.717) is 34.4 Å². The number of piperidine rings is 1.